The van der Waals surface area contributed by atoms with Crippen molar-refractivity contribution in [1.29, 1.82) is 10.2 Å². The first-order chi connectivity index (χ1) is 24.0. The van der Waals surface area contributed by atoms with Crippen molar-refractivity contribution >= 4 is 50.7 Å². The van der Waals surface area contributed by atoms with Crippen molar-refractivity contribution in [3.05, 3.63) is 118 Å². The quantitative estimate of drug-likeness (QED) is 0.105. The average Bonchev–Trinajstić information content (AvgIpc) is 3.79. The molecule has 5 rings (SSSR count). The van der Waals surface area contributed by atoms with Crippen LogP contribution in [-0.2, 0) is 37.2 Å². The fourth-order valence-electron chi connectivity index (χ4n) is 5.14. The molecule has 13 nitrogen and oxygen atoms in total. The number of carbonyl (C=O) groups is 4. The van der Waals surface area contributed by atoms with E-state index in [0.717, 1.165) is 5.56 Å². The van der Waals surface area contributed by atoms with Crippen LogP contribution in [0.4, 0.5) is 4.79 Å². The Balaban J connectivity index is 1.13. The molecule has 4 aromatic rings. The van der Waals surface area contributed by atoms with Gasteiger partial charge in [0.05, 0.1) is 18.3 Å². The highest BCUT2D eigenvalue weighted by Crippen LogP contribution is 2.25. The molecule has 50 heavy (non-hydrogen) atoms. The third-order valence-electron chi connectivity index (χ3n) is 7.84. The molecular weight excluding hydrogens is 681 g/mol. The van der Waals surface area contributed by atoms with Crippen molar-refractivity contribution in [2.75, 3.05) is 19.3 Å². The van der Waals surface area contributed by atoms with E-state index in [9.17, 15) is 23.4 Å². The van der Waals surface area contributed by atoms with E-state index in [1.165, 1.54) is 22.5 Å². The van der Waals surface area contributed by atoms with E-state index >= 15 is 0 Å². The molecule has 0 spiro atoms. The number of hydrogen-bond acceptors (Lipinski definition) is 10. The lowest BCUT2D eigenvalue weighted by Gasteiger charge is -2.24. The Morgan fingerprint density at radius 2 is 1.58 bits per heavy atom. The van der Waals surface area contributed by atoms with Crippen LogP contribution in [0.15, 0.2) is 96.4 Å². The zero-order valence-electron chi connectivity index (χ0n) is 27.0. The Labute approximate surface area is 293 Å². The van der Waals surface area contributed by atoms with Crippen LogP contribution in [0.5, 0.6) is 11.5 Å². The summed E-state index contributed by atoms with van der Waals surface area (Å²) in [5, 5.41) is 16.9. The third-order valence-corrected chi connectivity index (χ3v) is 10.4. The van der Waals surface area contributed by atoms with Gasteiger partial charge in [0.2, 0.25) is 11.8 Å². The van der Waals surface area contributed by atoms with Gasteiger partial charge in [-0.2, -0.15) is 0 Å². The van der Waals surface area contributed by atoms with E-state index < -0.39 is 51.4 Å². The van der Waals surface area contributed by atoms with Gasteiger partial charge in [0.1, 0.15) is 30.0 Å². The van der Waals surface area contributed by atoms with Gasteiger partial charge in [-0.25, -0.2) is 9.00 Å². The van der Waals surface area contributed by atoms with Gasteiger partial charge in [-0.1, -0.05) is 48.5 Å². The van der Waals surface area contributed by atoms with Gasteiger partial charge >= 0.3 is 6.09 Å². The molecule has 3 aromatic carbocycles. The summed E-state index contributed by atoms with van der Waals surface area (Å²) in [5.74, 6) is -0.540. The lowest BCUT2D eigenvalue weighted by molar-refractivity contribution is -0.137. The fourth-order valence-corrected chi connectivity index (χ4v) is 6.95. The van der Waals surface area contributed by atoms with Crippen molar-refractivity contribution in [2.24, 2.45) is 0 Å². The van der Waals surface area contributed by atoms with Crippen LogP contribution in [0.25, 0.3) is 0 Å². The molecule has 260 valence electrons. The SMILES string of the molecule is C[S@](=N)(=O)[C@@H]1C[C@@H](C(=O)NCc2cc(C(=N)NC(=O)OCc3ccccc3)cs2)N(C(=O)CNC(=O)c2ccc(Oc3ccccc3)cc2)C1. The monoisotopic (exact) mass is 716 g/mol. The van der Waals surface area contributed by atoms with Gasteiger partial charge in [0, 0.05) is 43.9 Å². The Morgan fingerprint density at radius 1 is 0.920 bits per heavy atom. The normalized spacial score (nSPS) is 16.5. The summed E-state index contributed by atoms with van der Waals surface area (Å²) in [6.45, 7) is -0.343. The molecule has 4 amide bonds. The molecular formula is C35H36N6O7S2. The average molecular weight is 717 g/mol. The second kappa shape index (κ2) is 16.2. The van der Waals surface area contributed by atoms with Gasteiger partial charge in [0.15, 0.2) is 0 Å². The number of thiophene rings is 1. The second-order valence-corrected chi connectivity index (χ2v) is 15.0. The molecule has 1 aromatic heterocycles. The van der Waals surface area contributed by atoms with Crippen LogP contribution in [-0.4, -0.2) is 69.4 Å². The number of carbonyl (C=O) groups excluding carboxylic acids is 4. The topological polar surface area (TPSA) is 191 Å². The van der Waals surface area contributed by atoms with Crippen LogP contribution < -0.4 is 20.7 Å². The van der Waals surface area contributed by atoms with Gasteiger partial charge in [-0.05, 0) is 54.4 Å². The van der Waals surface area contributed by atoms with Crippen molar-refractivity contribution in [3.8, 4) is 11.5 Å². The number of alkyl carbamates (subject to hydrolysis) is 1. The van der Waals surface area contributed by atoms with Crippen molar-refractivity contribution in [3.63, 3.8) is 0 Å². The minimum Gasteiger partial charge on any atom is -0.457 e. The third kappa shape index (κ3) is 9.76. The molecule has 0 aliphatic carbocycles. The standard InChI is InChI=1S/C35H36N6O7S2/c1-50(37,46)29-17-30(34(44)38-18-28-16-25(22-49-28)32(36)40-35(45)47-21-23-8-4-2-5-9-23)41(20-29)31(42)19-39-33(43)24-12-14-27(15-13-24)48-26-10-6-3-7-11-26/h2-16,22,29-30,37H,17-21H2,1H3,(H,38,44)(H,39,43)(H2,36,40,45)/t29-,30+,50+/m1/s1. The first-order valence-corrected chi connectivity index (χ1v) is 18.4. The van der Waals surface area contributed by atoms with E-state index in [2.05, 4.69) is 16.0 Å². The Kier molecular flexibility index (Phi) is 11.6. The molecule has 5 N–H and O–H groups in total. The van der Waals surface area contributed by atoms with Gasteiger partial charge in [0.25, 0.3) is 5.91 Å². The summed E-state index contributed by atoms with van der Waals surface area (Å²) in [6.07, 6.45) is 0.536. The summed E-state index contributed by atoms with van der Waals surface area (Å²) in [4.78, 5) is 53.5. The van der Waals surface area contributed by atoms with E-state index in [0.29, 0.717) is 27.5 Å². The van der Waals surface area contributed by atoms with Crippen LogP contribution in [0.2, 0.25) is 0 Å². The number of amidine groups is 1. The number of benzene rings is 3. The summed E-state index contributed by atoms with van der Waals surface area (Å²) >= 11 is 1.26. The zero-order valence-corrected chi connectivity index (χ0v) is 28.7. The Morgan fingerprint density at radius 3 is 2.26 bits per heavy atom. The maximum Gasteiger partial charge on any atom is 0.413 e. The molecule has 0 unspecified atom stereocenters. The number of hydrogen-bond donors (Lipinski definition) is 5. The molecule has 0 saturated carbocycles. The largest absolute Gasteiger partial charge is 0.457 e. The van der Waals surface area contributed by atoms with Gasteiger partial charge in [-0.3, -0.25) is 29.9 Å². The lowest BCUT2D eigenvalue weighted by Crippen LogP contribution is -2.48. The van der Waals surface area contributed by atoms with Crippen LogP contribution in [0.1, 0.15) is 32.8 Å². The Bertz CT molecular complexity index is 1950. The highest BCUT2D eigenvalue weighted by Gasteiger charge is 2.42. The molecule has 1 saturated heterocycles. The number of para-hydroxylation sites is 1. The highest BCUT2D eigenvalue weighted by atomic mass is 32.2. The summed E-state index contributed by atoms with van der Waals surface area (Å²) in [7, 11) is -3.08. The van der Waals surface area contributed by atoms with Gasteiger partial charge in [-0.15, -0.1) is 11.3 Å². The molecule has 3 atom stereocenters. The van der Waals surface area contributed by atoms with Crippen LogP contribution in [0, 0.1) is 10.2 Å². The first kappa shape index (κ1) is 35.8. The number of nitrogens with one attached hydrogen (secondary N) is 5. The molecule has 1 aliphatic heterocycles. The molecule has 0 bridgehead atoms. The van der Waals surface area contributed by atoms with Crippen molar-refractivity contribution < 1.29 is 32.9 Å². The second-order valence-electron chi connectivity index (χ2n) is 11.5. The fraction of sp³-hybridized carbons (Fsp3) is 0.229. The van der Waals surface area contributed by atoms with E-state index in [4.69, 9.17) is 19.7 Å². The lowest BCUT2D eigenvalue weighted by atomic mass is 10.2. The predicted octanol–water partition coefficient (Wildman–Crippen LogP) is 4.48. The molecule has 2 heterocycles. The predicted molar refractivity (Wildman–Crippen MR) is 189 cm³/mol. The summed E-state index contributed by atoms with van der Waals surface area (Å²) in [5.41, 5.74) is 1.53. The smallest absolute Gasteiger partial charge is 0.413 e. The first-order valence-electron chi connectivity index (χ1n) is 15.5. The molecule has 0 radical (unpaired) electrons. The maximum absolute atomic E-state index is 13.3. The molecule has 1 fully saturated rings. The summed E-state index contributed by atoms with van der Waals surface area (Å²) < 4.78 is 31.6. The molecule has 1 aliphatic rings. The number of ether oxygens (including phenoxy) is 2. The number of rotatable bonds is 12. The number of nitrogens with zero attached hydrogens (tertiary/aromatic N) is 1. The van der Waals surface area contributed by atoms with E-state index in [-0.39, 0.29) is 32.0 Å². The minimum absolute atomic E-state index is 0.0303. The molecule has 15 heteroatoms. The van der Waals surface area contributed by atoms with Gasteiger partial charge < -0.3 is 25.0 Å². The maximum atomic E-state index is 13.3. The van der Waals surface area contributed by atoms with E-state index in [1.54, 1.807) is 47.8 Å². The summed E-state index contributed by atoms with van der Waals surface area (Å²) in [6, 6.07) is 25.4. The Hall–Kier alpha value is -5.54. The zero-order chi connectivity index (χ0) is 35.7. The highest BCUT2D eigenvalue weighted by molar-refractivity contribution is 7.92. The van der Waals surface area contributed by atoms with E-state index in [1.807, 2.05) is 48.5 Å². The van der Waals surface area contributed by atoms with Crippen LogP contribution >= 0.6 is 11.3 Å². The number of likely N-dealkylation sites (tertiary alicyclic amines) is 1. The van der Waals surface area contributed by atoms with Crippen LogP contribution in [0.3, 0.4) is 0 Å². The number of amides is 4. The minimum atomic E-state index is -3.08. The van der Waals surface area contributed by atoms with Crippen molar-refractivity contribution in [1.82, 2.24) is 20.9 Å². The van der Waals surface area contributed by atoms with Crippen molar-refractivity contribution in [2.45, 2.75) is 30.9 Å².